The summed E-state index contributed by atoms with van der Waals surface area (Å²) in [6.45, 7) is 1.38. The number of pyridine rings is 1. The first kappa shape index (κ1) is 12.2. The molecule has 0 atom stereocenters. The van der Waals surface area contributed by atoms with Crippen LogP contribution >= 0.6 is 0 Å². The zero-order valence-corrected chi connectivity index (χ0v) is 9.35. The van der Waals surface area contributed by atoms with E-state index in [9.17, 15) is 13.6 Å². The first-order valence-electron chi connectivity index (χ1n) is 5.07. The Bertz CT molecular complexity index is 579. The topological polar surface area (TPSA) is 63.3 Å². The number of aromatic nitrogens is 1. The molecule has 0 bridgehead atoms. The first-order chi connectivity index (χ1) is 8.50. The van der Waals surface area contributed by atoms with Crippen molar-refractivity contribution in [2.24, 2.45) is 0 Å². The van der Waals surface area contributed by atoms with Gasteiger partial charge in [0, 0.05) is 5.56 Å². The van der Waals surface area contributed by atoms with Gasteiger partial charge in [-0.1, -0.05) is 0 Å². The minimum Gasteiger partial charge on any atom is -0.478 e. The third-order valence-corrected chi connectivity index (χ3v) is 2.45. The fraction of sp³-hybridized carbons (Fsp3) is 0.167. The van der Waals surface area contributed by atoms with Gasteiger partial charge in [-0.3, -0.25) is 0 Å². The van der Waals surface area contributed by atoms with Crippen LogP contribution in [-0.2, 0) is 0 Å². The van der Waals surface area contributed by atoms with Crippen LogP contribution < -0.4 is 0 Å². The van der Waals surface area contributed by atoms with Crippen LogP contribution in [0.25, 0.3) is 11.5 Å². The van der Waals surface area contributed by atoms with E-state index < -0.39 is 23.5 Å². The molecular formula is C12H9F2NO3. The lowest BCUT2D eigenvalue weighted by molar-refractivity contribution is 0.0683. The number of hydrogen-bond donors (Lipinski definition) is 1. The van der Waals surface area contributed by atoms with Gasteiger partial charge in [0.25, 0.3) is 6.43 Å². The van der Waals surface area contributed by atoms with Crippen molar-refractivity contribution in [1.29, 1.82) is 0 Å². The number of halogens is 2. The van der Waals surface area contributed by atoms with Crippen molar-refractivity contribution < 1.29 is 23.1 Å². The van der Waals surface area contributed by atoms with Gasteiger partial charge in [-0.15, -0.1) is 0 Å². The van der Waals surface area contributed by atoms with E-state index >= 15 is 0 Å². The zero-order chi connectivity index (χ0) is 13.3. The van der Waals surface area contributed by atoms with E-state index in [0.29, 0.717) is 5.76 Å². The number of aryl methyl sites for hydroxylation is 1. The normalized spacial score (nSPS) is 10.9. The minimum atomic E-state index is -2.88. The number of rotatable bonds is 3. The minimum absolute atomic E-state index is 0.0340. The van der Waals surface area contributed by atoms with Gasteiger partial charge in [0.1, 0.15) is 5.69 Å². The lowest BCUT2D eigenvalue weighted by Crippen LogP contribution is -2.08. The smallest absolute Gasteiger partial charge is 0.338 e. The number of carboxylic acid groups (broad SMARTS) is 1. The number of furan rings is 1. The van der Waals surface area contributed by atoms with Crippen molar-refractivity contribution in [3.8, 4) is 11.5 Å². The third-order valence-electron chi connectivity index (χ3n) is 2.45. The van der Waals surface area contributed by atoms with Gasteiger partial charge in [-0.05, 0) is 25.1 Å². The van der Waals surface area contributed by atoms with Gasteiger partial charge in [-0.2, -0.15) is 0 Å². The molecule has 6 heteroatoms. The molecular weight excluding hydrogens is 244 g/mol. The van der Waals surface area contributed by atoms with E-state index in [1.165, 1.54) is 13.2 Å². The largest absolute Gasteiger partial charge is 0.478 e. The lowest BCUT2D eigenvalue weighted by atomic mass is 10.1. The third kappa shape index (κ3) is 2.09. The van der Waals surface area contributed by atoms with Gasteiger partial charge < -0.3 is 9.52 Å². The van der Waals surface area contributed by atoms with E-state index in [-0.39, 0.29) is 11.4 Å². The highest BCUT2D eigenvalue weighted by atomic mass is 19.3. The van der Waals surface area contributed by atoms with Crippen LogP contribution in [0.15, 0.2) is 28.9 Å². The average Bonchev–Trinajstić information content (AvgIpc) is 2.80. The quantitative estimate of drug-likeness (QED) is 0.911. The van der Waals surface area contributed by atoms with E-state index in [4.69, 9.17) is 9.52 Å². The Morgan fingerprint density at radius 2 is 2.22 bits per heavy atom. The Morgan fingerprint density at radius 3 is 2.72 bits per heavy atom. The van der Waals surface area contributed by atoms with Crippen LogP contribution in [0, 0.1) is 6.92 Å². The number of alkyl halides is 2. The Kier molecular flexibility index (Phi) is 3.10. The Labute approximate surface area is 101 Å². The molecule has 18 heavy (non-hydrogen) atoms. The maximum atomic E-state index is 12.9. The standard InChI is InChI=1S/C12H9F2NO3/c1-6-10(12(16)17)7(11(13)14)5-8(15-6)9-3-2-4-18-9/h2-5,11H,1H3,(H,16,17). The molecule has 0 aliphatic rings. The highest BCUT2D eigenvalue weighted by molar-refractivity contribution is 5.91. The molecule has 0 unspecified atom stereocenters. The first-order valence-corrected chi connectivity index (χ1v) is 5.07. The summed E-state index contributed by atoms with van der Waals surface area (Å²) in [6, 6.07) is 4.21. The SMILES string of the molecule is Cc1nc(-c2ccco2)cc(C(F)F)c1C(=O)O. The van der Waals surface area contributed by atoms with E-state index in [2.05, 4.69) is 4.98 Å². The molecule has 0 saturated carbocycles. The maximum absolute atomic E-state index is 12.9. The number of nitrogens with zero attached hydrogens (tertiary/aromatic N) is 1. The second-order valence-corrected chi connectivity index (χ2v) is 3.64. The molecule has 0 aromatic carbocycles. The number of hydrogen-bond acceptors (Lipinski definition) is 3. The van der Waals surface area contributed by atoms with Gasteiger partial charge in [-0.25, -0.2) is 18.6 Å². The van der Waals surface area contributed by atoms with Gasteiger partial charge >= 0.3 is 5.97 Å². The molecule has 0 aliphatic carbocycles. The Balaban J connectivity index is 2.65. The molecule has 0 fully saturated rings. The van der Waals surface area contributed by atoms with Crippen molar-refractivity contribution >= 4 is 5.97 Å². The van der Waals surface area contributed by atoms with Gasteiger partial charge in [0.2, 0.25) is 0 Å². The number of aromatic carboxylic acids is 1. The van der Waals surface area contributed by atoms with Crippen LogP contribution in [0.3, 0.4) is 0 Å². The second kappa shape index (κ2) is 4.56. The molecule has 0 radical (unpaired) electrons. The predicted octanol–water partition coefficient (Wildman–Crippen LogP) is 3.29. The summed E-state index contributed by atoms with van der Waals surface area (Å²) in [4.78, 5) is 14.9. The van der Waals surface area contributed by atoms with E-state index in [1.54, 1.807) is 12.1 Å². The maximum Gasteiger partial charge on any atom is 0.338 e. The van der Waals surface area contributed by atoms with E-state index in [0.717, 1.165) is 6.07 Å². The van der Waals surface area contributed by atoms with Crippen molar-refractivity contribution in [2.45, 2.75) is 13.3 Å². The summed E-state index contributed by atoms with van der Waals surface area (Å²) >= 11 is 0. The summed E-state index contributed by atoms with van der Waals surface area (Å²) < 4.78 is 30.8. The number of carbonyl (C=O) groups is 1. The number of carboxylic acids is 1. The molecule has 2 aromatic heterocycles. The second-order valence-electron chi connectivity index (χ2n) is 3.64. The van der Waals surface area contributed by atoms with Crippen molar-refractivity contribution in [2.75, 3.05) is 0 Å². The molecule has 2 heterocycles. The van der Waals surface area contributed by atoms with Crippen molar-refractivity contribution in [3.05, 3.63) is 41.3 Å². The van der Waals surface area contributed by atoms with Crippen LogP contribution in [-0.4, -0.2) is 16.1 Å². The summed E-state index contributed by atoms with van der Waals surface area (Å²) in [7, 11) is 0. The van der Waals surface area contributed by atoms with Gasteiger partial charge in [0.15, 0.2) is 5.76 Å². The fourth-order valence-electron chi connectivity index (χ4n) is 1.70. The Hall–Kier alpha value is -2.24. The molecule has 0 saturated heterocycles. The predicted molar refractivity (Wildman–Crippen MR) is 58.6 cm³/mol. The molecule has 0 amide bonds. The van der Waals surface area contributed by atoms with Gasteiger partial charge in [0.05, 0.1) is 17.5 Å². The molecule has 2 rings (SSSR count). The summed E-state index contributed by atoms with van der Waals surface area (Å²) in [5.41, 5.74) is -0.786. The van der Waals surface area contributed by atoms with Crippen LogP contribution in [0.2, 0.25) is 0 Å². The fourth-order valence-corrected chi connectivity index (χ4v) is 1.70. The molecule has 2 aromatic rings. The molecule has 0 spiro atoms. The Morgan fingerprint density at radius 1 is 1.50 bits per heavy atom. The summed E-state index contributed by atoms with van der Waals surface area (Å²) in [6.07, 6.45) is -1.49. The molecule has 1 N–H and O–H groups in total. The lowest BCUT2D eigenvalue weighted by Gasteiger charge is -2.09. The van der Waals surface area contributed by atoms with Crippen molar-refractivity contribution in [1.82, 2.24) is 4.98 Å². The molecule has 0 aliphatic heterocycles. The van der Waals surface area contributed by atoms with Crippen LogP contribution in [0.4, 0.5) is 8.78 Å². The van der Waals surface area contributed by atoms with E-state index in [1.807, 2.05) is 0 Å². The highest BCUT2D eigenvalue weighted by Crippen LogP contribution is 2.29. The summed E-state index contributed by atoms with van der Waals surface area (Å²) in [5.74, 6) is -1.10. The summed E-state index contributed by atoms with van der Waals surface area (Å²) in [5, 5.41) is 8.92. The molecule has 94 valence electrons. The zero-order valence-electron chi connectivity index (χ0n) is 9.35. The monoisotopic (exact) mass is 253 g/mol. The average molecular weight is 253 g/mol. The van der Waals surface area contributed by atoms with Crippen LogP contribution in [0.1, 0.15) is 28.0 Å². The highest BCUT2D eigenvalue weighted by Gasteiger charge is 2.23. The van der Waals surface area contributed by atoms with Crippen molar-refractivity contribution in [3.63, 3.8) is 0 Å². The molecule has 4 nitrogen and oxygen atoms in total. The van der Waals surface area contributed by atoms with Crippen LogP contribution in [0.5, 0.6) is 0 Å².